The van der Waals surface area contributed by atoms with Crippen molar-refractivity contribution < 1.29 is 9.53 Å². The van der Waals surface area contributed by atoms with Gasteiger partial charge in [0.2, 0.25) is 5.90 Å². The molecule has 3 aromatic rings. The van der Waals surface area contributed by atoms with Crippen LogP contribution in [-0.2, 0) is 16.1 Å². The monoisotopic (exact) mass is 475 g/mol. The Morgan fingerprint density at radius 3 is 2.71 bits per heavy atom. The fourth-order valence-electron chi connectivity index (χ4n) is 4.76. The van der Waals surface area contributed by atoms with Crippen molar-refractivity contribution in [3.05, 3.63) is 68.9 Å². The van der Waals surface area contributed by atoms with Gasteiger partial charge in [-0.1, -0.05) is 23.7 Å². The number of benzene rings is 1. The van der Waals surface area contributed by atoms with Crippen molar-refractivity contribution in [3.8, 4) is 6.07 Å². The maximum atomic E-state index is 12.9. The van der Waals surface area contributed by atoms with Gasteiger partial charge < -0.3 is 4.74 Å². The standard InChI is InChI=1S/C25H22ClN5O3/c1-14-6-20(10-27)30-23-22(14)24(32)31(13-29-23)12-21-28-11-18(25(33)34-21)9-15-7-17(8-15)16-2-4-19(26)5-3-16/h2-6,13,15,17-18H,7-9,11-12H2,1H3. The Bertz CT molecular complexity index is 1400. The van der Waals surface area contributed by atoms with Crippen LogP contribution in [0, 0.1) is 30.1 Å². The van der Waals surface area contributed by atoms with Gasteiger partial charge in [0, 0.05) is 5.02 Å². The summed E-state index contributed by atoms with van der Waals surface area (Å²) in [7, 11) is 0. The lowest BCUT2D eigenvalue weighted by Gasteiger charge is -2.37. The minimum Gasteiger partial charge on any atom is -0.410 e. The number of pyridine rings is 1. The molecule has 5 rings (SSSR count). The smallest absolute Gasteiger partial charge is 0.317 e. The first kappa shape index (κ1) is 22.2. The average molecular weight is 476 g/mol. The molecule has 1 aliphatic carbocycles. The highest BCUT2D eigenvalue weighted by Crippen LogP contribution is 2.45. The minimum atomic E-state index is -0.317. The van der Waals surface area contributed by atoms with E-state index in [0.717, 1.165) is 24.3 Å². The molecule has 1 atom stereocenters. The summed E-state index contributed by atoms with van der Waals surface area (Å²) in [5, 5.41) is 10.1. The number of nitrogens with zero attached hydrogens (tertiary/aromatic N) is 5. The van der Waals surface area contributed by atoms with Gasteiger partial charge in [-0.15, -0.1) is 0 Å². The molecule has 0 bridgehead atoms. The van der Waals surface area contributed by atoms with Gasteiger partial charge in [0.05, 0.1) is 17.8 Å². The summed E-state index contributed by atoms with van der Waals surface area (Å²) in [5.41, 5.74) is 2.02. The number of aromatic nitrogens is 3. The van der Waals surface area contributed by atoms with Gasteiger partial charge in [-0.2, -0.15) is 5.26 Å². The first-order valence-electron chi connectivity index (χ1n) is 11.2. The lowest BCUT2D eigenvalue weighted by Crippen LogP contribution is -2.36. The quantitative estimate of drug-likeness (QED) is 0.519. The zero-order valence-electron chi connectivity index (χ0n) is 18.6. The first-order valence-corrected chi connectivity index (χ1v) is 11.6. The molecule has 8 nitrogen and oxygen atoms in total. The van der Waals surface area contributed by atoms with Crippen molar-refractivity contribution in [1.29, 1.82) is 5.26 Å². The first-order chi connectivity index (χ1) is 16.4. The summed E-state index contributed by atoms with van der Waals surface area (Å²) in [5.74, 6) is 0.628. The van der Waals surface area contributed by atoms with Crippen LogP contribution in [-0.4, -0.2) is 32.9 Å². The zero-order valence-corrected chi connectivity index (χ0v) is 19.3. The number of fused-ring (bicyclic) bond motifs is 1. The highest BCUT2D eigenvalue weighted by atomic mass is 35.5. The SMILES string of the molecule is Cc1cc(C#N)nc2ncn(CC3=NCC(CC4CC(c5ccc(Cl)cc5)C4)C(=O)O3)c(=O)c12. The van der Waals surface area contributed by atoms with E-state index >= 15 is 0 Å². The average Bonchev–Trinajstić information content (AvgIpc) is 2.79. The second kappa shape index (κ2) is 8.99. The predicted octanol–water partition coefficient (Wildman–Crippen LogP) is 3.78. The molecule has 0 spiro atoms. The van der Waals surface area contributed by atoms with Gasteiger partial charge in [-0.05, 0) is 67.3 Å². The van der Waals surface area contributed by atoms with E-state index < -0.39 is 0 Å². The third-order valence-corrected chi connectivity index (χ3v) is 6.90. The fourth-order valence-corrected chi connectivity index (χ4v) is 4.88. The normalized spacial score (nSPS) is 22.0. The zero-order chi connectivity index (χ0) is 23.8. The van der Waals surface area contributed by atoms with E-state index in [0.29, 0.717) is 29.3 Å². The van der Waals surface area contributed by atoms with Crippen LogP contribution in [0.3, 0.4) is 0 Å². The van der Waals surface area contributed by atoms with Gasteiger partial charge in [-0.3, -0.25) is 19.1 Å². The molecule has 1 fully saturated rings. The van der Waals surface area contributed by atoms with Crippen LogP contribution in [0.15, 0.2) is 46.4 Å². The summed E-state index contributed by atoms with van der Waals surface area (Å²) in [6, 6.07) is 11.5. The molecule has 9 heteroatoms. The molecule has 0 radical (unpaired) electrons. The number of aryl methyl sites for hydroxylation is 1. The number of hydrogen-bond acceptors (Lipinski definition) is 7. The van der Waals surface area contributed by atoms with Gasteiger partial charge in [-0.25, -0.2) is 9.97 Å². The van der Waals surface area contributed by atoms with Gasteiger partial charge in [0.15, 0.2) is 5.65 Å². The van der Waals surface area contributed by atoms with Crippen LogP contribution in [0.2, 0.25) is 5.02 Å². The molecule has 0 saturated heterocycles. The number of aliphatic imine (C=N–C) groups is 1. The van der Waals surface area contributed by atoms with Gasteiger partial charge in [0.1, 0.15) is 24.6 Å². The maximum absolute atomic E-state index is 12.9. The van der Waals surface area contributed by atoms with Crippen molar-refractivity contribution in [3.63, 3.8) is 0 Å². The molecule has 0 amide bonds. The lowest BCUT2D eigenvalue weighted by molar-refractivity contribution is -0.142. The molecule has 3 heterocycles. The number of halogens is 1. The van der Waals surface area contributed by atoms with Crippen molar-refractivity contribution in [2.75, 3.05) is 6.54 Å². The molecule has 34 heavy (non-hydrogen) atoms. The molecule has 2 aliphatic rings. The predicted molar refractivity (Wildman–Crippen MR) is 127 cm³/mol. The number of cyclic esters (lactones) is 1. The molecule has 1 saturated carbocycles. The number of carbonyl (C=O) groups is 1. The van der Waals surface area contributed by atoms with Crippen LogP contribution >= 0.6 is 11.6 Å². The molecule has 1 aliphatic heterocycles. The number of rotatable bonds is 5. The molecular formula is C25H22ClN5O3. The summed E-state index contributed by atoms with van der Waals surface area (Å²) in [4.78, 5) is 38.3. The fraction of sp³-hybridized carbons (Fsp3) is 0.360. The molecule has 1 aromatic carbocycles. The third kappa shape index (κ3) is 4.31. The second-order valence-electron chi connectivity index (χ2n) is 8.99. The van der Waals surface area contributed by atoms with Crippen molar-refractivity contribution >= 4 is 34.5 Å². The summed E-state index contributed by atoms with van der Waals surface area (Å²) < 4.78 is 6.83. The Balaban J connectivity index is 1.22. The van der Waals surface area contributed by atoms with E-state index in [1.165, 1.54) is 16.5 Å². The third-order valence-electron chi connectivity index (χ3n) is 6.65. The van der Waals surface area contributed by atoms with E-state index in [9.17, 15) is 9.59 Å². The summed E-state index contributed by atoms with van der Waals surface area (Å²) >= 11 is 5.97. The second-order valence-corrected chi connectivity index (χ2v) is 9.42. The number of nitriles is 1. The van der Waals surface area contributed by atoms with E-state index in [2.05, 4.69) is 27.1 Å². The van der Waals surface area contributed by atoms with Gasteiger partial charge in [0.25, 0.3) is 5.56 Å². The molecule has 0 N–H and O–H groups in total. The Labute approximate surface area is 200 Å². The Kier molecular flexibility index (Phi) is 5.88. The van der Waals surface area contributed by atoms with E-state index in [1.807, 2.05) is 18.2 Å². The number of esters is 1. The number of ether oxygens (including phenoxy) is 1. The lowest BCUT2D eigenvalue weighted by atomic mass is 9.68. The van der Waals surface area contributed by atoms with E-state index in [-0.39, 0.29) is 41.2 Å². The van der Waals surface area contributed by atoms with E-state index in [4.69, 9.17) is 21.6 Å². The molecule has 172 valence electrons. The van der Waals surface area contributed by atoms with Crippen molar-refractivity contribution in [2.45, 2.75) is 38.6 Å². The molecular weight excluding hydrogens is 454 g/mol. The van der Waals surface area contributed by atoms with E-state index in [1.54, 1.807) is 13.0 Å². The highest BCUT2D eigenvalue weighted by molar-refractivity contribution is 6.30. The van der Waals surface area contributed by atoms with Crippen LogP contribution in [0.25, 0.3) is 11.0 Å². The Morgan fingerprint density at radius 2 is 2.00 bits per heavy atom. The Hall–Kier alpha value is -3.57. The van der Waals surface area contributed by atoms with Crippen LogP contribution in [0.5, 0.6) is 0 Å². The summed E-state index contributed by atoms with van der Waals surface area (Å²) in [6.07, 6.45) is 4.18. The van der Waals surface area contributed by atoms with Crippen LogP contribution in [0.4, 0.5) is 0 Å². The van der Waals surface area contributed by atoms with Crippen molar-refractivity contribution in [2.24, 2.45) is 16.8 Å². The van der Waals surface area contributed by atoms with Crippen LogP contribution in [0.1, 0.15) is 42.0 Å². The molecule has 2 aromatic heterocycles. The largest absolute Gasteiger partial charge is 0.410 e. The topological polar surface area (TPSA) is 110 Å². The highest BCUT2D eigenvalue weighted by Gasteiger charge is 2.36. The maximum Gasteiger partial charge on any atom is 0.317 e. The van der Waals surface area contributed by atoms with Crippen LogP contribution < -0.4 is 5.56 Å². The summed E-state index contributed by atoms with van der Waals surface area (Å²) in [6.45, 7) is 2.11. The molecule has 1 unspecified atom stereocenters. The van der Waals surface area contributed by atoms with Gasteiger partial charge >= 0.3 is 5.97 Å². The number of hydrogen-bond donors (Lipinski definition) is 0. The minimum absolute atomic E-state index is 0.0156. The Morgan fingerprint density at radius 1 is 1.24 bits per heavy atom. The van der Waals surface area contributed by atoms with Crippen molar-refractivity contribution in [1.82, 2.24) is 14.5 Å². The number of carbonyl (C=O) groups excluding carboxylic acids is 1.